The second kappa shape index (κ2) is 13.6. The molecule has 2 heterocycles. The first-order valence-electron chi connectivity index (χ1n) is 10.7. The third-order valence-electron chi connectivity index (χ3n) is 4.86. The van der Waals surface area contributed by atoms with Gasteiger partial charge >= 0.3 is 5.97 Å². The zero-order chi connectivity index (χ0) is 25.1. The fraction of sp³-hybridized carbons (Fsp3) is 0.375. The molecule has 34 heavy (non-hydrogen) atoms. The van der Waals surface area contributed by atoms with Crippen LogP contribution < -0.4 is 10.2 Å². The molecule has 0 amide bonds. The van der Waals surface area contributed by atoms with Gasteiger partial charge in [-0.15, -0.1) is 0 Å². The Bertz CT molecular complexity index is 1140. The molecule has 2 aromatic rings. The first kappa shape index (κ1) is 27.2. The molecule has 184 valence electrons. The summed E-state index contributed by atoms with van der Waals surface area (Å²) in [6.45, 7) is 3.89. The van der Waals surface area contributed by atoms with Gasteiger partial charge in [-0.1, -0.05) is 30.3 Å². The van der Waals surface area contributed by atoms with Gasteiger partial charge in [0, 0.05) is 32.0 Å². The van der Waals surface area contributed by atoms with Gasteiger partial charge in [-0.3, -0.25) is 4.79 Å². The Kier molecular flexibility index (Phi) is 10.9. The molecule has 8 nitrogen and oxygen atoms in total. The average molecular weight is 495 g/mol. The highest BCUT2D eigenvalue weighted by Crippen LogP contribution is 2.24. The second-order valence-electron chi connectivity index (χ2n) is 7.35. The minimum Gasteiger partial charge on any atom is -0.477 e. The van der Waals surface area contributed by atoms with Crippen LogP contribution in [0.3, 0.4) is 0 Å². The molecular formula is C24H28ClFN2O6. The molecule has 0 atom stereocenters. The van der Waals surface area contributed by atoms with Crippen LogP contribution in [0, 0.1) is 0 Å². The highest BCUT2D eigenvalue weighted by atomic mass is 35.5. The molecule has 0 bridgehead atoms. The van der Waals surface area contributed by atoms with Crippen LogP contribution in [0.5, 0.6) is 5.88 Å². The van der Waals surface area contributed by atoms with Crippen LogP contribution in [0.4, 0.5) is 4.39 Å². The first-order valence-corrected chi connectivity index (χ1v) is 11.1. The fourth-order valence-electron chi connectivity index (χ4n) is 3.17. The summed E-state index contributed by atoms with van der Waals surface area (Å²) in [6, 6.07) is 1.58. The largest absolute Gasteiger partial charge is 0.477 e. The van der Waals surface area contributed by atoms with E-state index in [-0.39, 0.29) is 29.2 Å². The van der Waals surface area contributed by atoms with Gasteiger partial charge in [0.15, 0.2) is 0 Å². The third kappa shape index (κ3) is 7.51. The van der Waals surface area contributed by atoms with Gasteiger partial charge in [-0.2, -0.15) is 4.98 Å². The summed E-state index contributed by atoms with van der Waals surface area (Å²) in [4.78, 5) is 28.9. The maximum atomic E-state index is 12.9. The van der Waals surface area contributed by atoms with E-state index in [2.05, 4.69) is 11.6 Å². The van der Waals surface area contributed by atoms with Crippen LogP contribution in [-0.2, 0) is 17.7 Å². The van der Waals surface area contributed by atoms with Crippen LogP contribution in [0.15, 0.2) is 52.7 Å². The molecule has 2 N–H and O–H groups in total. The minimum absolute atomic E-state index is 0.0619. The van der Waals surface area contributed by atoms with E-state index in [9.17, 15) is 24.2 Å². The zero-order valence-electron chi connectivity index (χ0n) is 18.9. The molecule has 0 saturated carbocycles. The van der Waals surface area contributed by atoms with Crippen molar-refractivity contribution in [1.29, 1.82) is 0 Å². The number of allylic oxidation sites excluding steroid dienone is 5. The van der Waals surface area contributed by atoms with Gasteiger partial charge in [-0.25, -0.2) is 9.18 Å². The Morgan fingerprint density at radius 1 is 1.35 bits per heavy atom. The van der Waals surface area contributed by atoms with Crippen molar-refractivity contribution in [2.45, 2.75) is 32.2 Å². The molecule has 0 aromatic carbocycles. The normalized spacial score (nSPS) is 11.9. The first-order chi connectivity index (χ1) is 16.3. The number of hydrogen-bond acceptors (Lipinski definition) is 6. The van der Waals surface area contributed by atoms with E-state index in [1.54, 1.807) is 25.3 Å². The number of aliphatic hydroxyl groups is 1. The SMILES string of the molecule is C=C(F)/C(Cl)=C\C=C/CCc1cc2c(=O)c(C(=O)O)cn(CCO)c2nc1OCCCCOC. The van der Waals surface area contributed by atoms with Gasteiger partial charge in [0.05, 0.1) is 23.6 Å². The van der Waals surface area contributed by atoms with Gasteiger partial charge in [0.25, 0.3) is 0 Å². The van der Waals surface area contributed by atoms with Crippen molar-refractivity contribution in [1.82, 2.24) is 9.55 Å². The van der Waals surface area contributed by atoms with Crippen LogP contribution in [0.2, 0.25) is 0 Å². The fourth-order valence-corrected chi connectivity index (χ4v) is 3.24. The molecule has 2 aromatic heterocycles. The summed E-state index contributed by atoms with van der Waals surface area (Å²) in [6.07, 6.45) is 8.34. The number of aromatic nitrogens is 2. The number of nitrogens with zero attached hydrogens (tertiary/aromatic N) is 2. The predicted octanol–water partition coefficient (Wildman–Crippen LogP) is 3.99. The average Bonchev–Trinajstić information content (AvgIpc) is 2.80. The Morgan fingerprint density at radius 2 is 2.09 bits per heavy atom. The molecule has 0 unspecified atom stereocenters. The number of carboxylic acids is 1. The number of aromatic carboxylic acids is 1. The highest BCUT2D eigenvalue weighted by molar-refractivity contribution is 6.31. The van der Waals surface area contributed by atoms with E-state index in [4.69, 9.17) is 21.1 Å². The summed E-state index contributed by atoms with van der Waals surface area (Å²) >= 11 is 5.69. The molecule has 0 aliphatic rings. The molecule has 0 aliphatic heterocycles. The molecule has 0 saturated heterocycles. The minimum atomic E-state index is -1.36. The monoisotopic (exact) mass is 494 g/mol. The van der Waals surface area contributed by atoms with Crippen molar-refractivity contribution in [3.05, 3.63) is 69.3 Å². The van der Waals surface area contributed by atoms with Crippen molar-refractivity contribution in [2.75, 3.05) is 26.9 Å². The molecule has 10 heteroatoms. The highest BCUT2D eigenvalue weighted by Gasteiger charge is 2.18. The van der Waals surface area contributed by atoms with E-state index in [0.717, 1.165) is 12.8 Å². The number of aliphatic hydroxyl groups excluding tert-OH is 1. The number of unbranched alkanes of at least 4 members (excludes halogenated alkanes) is 1. The lowest BCUT2D eigenvalue weighted by Crippen LogP contribution is -2.21. The van der Waals surface area contributed by atoms with Crippen LogP contribution in [-0.4, -0.2) is 52.7 Å². The number of aryl methyl sites for hydroxylation is 1. The second-order valence-corrected chi connectivity index (χ2v) is 7.76. The van der Waals surface area contributed by atoms with Crippen LogP contribution >= 0.6 is 11.6 Å². The van der Waals surface area contributed by atoms with Crippen LogP contribution in [0.25, 0.3) is 11.0 Å². The van der Waals surface area contributed by atoms with E-state index in [1.165, 1.54) is 16.8 Å². The van der Waals surface area contributed by atoms with Crippen molar-refractivity contribution in [3.8, 4) is 5.88 Å². The molecule has 0 radical (unpaired) electrons. The topological polar surface area (TPSA) is 111 Å². The summed E-state index contributed by atoms with van der Waals surface area (Å²) in [7, 11) is 1.62. The molecule has 0 aliphatic carbocycles. The molecule has 0 spiro atoms. The lowest BCUT2D eigenvalue weighted by atomic mass is 10.1. The summed E-state index contributed by atoms with van der Waals surface area (Å²) in [5.41, 5.74) is -0.229. The Balaban J connectivity index is 2.44. The number of methoxy groups -OCH3 is 1. The Labute approximate surface area is 201 Å². The van der Waals surface area contributed by atoms with E-state index >= 15 is 0 Å². The van der Waals surface area contributed by atoms with Crippen molar-refractivity contribution < 1.29 is 28.9 Å². The van der Waals surface area contributed by atoms with Crippen molar-refractivity contribution in [3.63, 3.8) is 0 Å². The Morgan fingerprint density at radius 3 is 2.74 bits per heavy atom. The number of fused-ring (bicyclic) bond motifs is 1. The van der Waals surface area contributed by atoms with Crippen molar-refractivity contribution >= 4 is 28.6 Å². The summed E-state index contributed by atoms with van der Waals surface area (Å²) in [5, 5.41) is 18.8. The van der Waals surface area contributed by atoms with E-state index in [0.29, 0.717) is 37.5 Å². The number of rotatable bonds is 14. The van der Waals surface area contributed by atoms with Crippen LogP contribution in [0.1, 0.15) is 35.2 Å². The predicted molar refractivity (Wildman–Crippen MR) is 128 cm³/mol. The lowest BCUT2D eigenvalue weighted by molar-refractivity contribution is 0.0694. The summed E-state index contributed by atoms with van der Waals surface area (Å²) in [5.74, 6) is -1.78. The van der Waals surface area contributed by atoms with Crippen molar-refractivity contribution in [2.24, 2.45) is 0 Å². The number of halogens is 2. The number of pyridine rings is 2. The maximum absolute atomic E-state index is 12.9. The third-order valence-corrected chi connectivity index (χ3v) is 5.19. The lowest BCUT2D eigenvalue weighted by Gasteiger charge is -2.15. The number of hydrogen-bond donors (Lipinski definition) is 2. The molecule has 2 rings (SSSR count). The van der Waals surface area contributed by atoms with Gasteiger partial charge in [0.2, 0.25) is 11.3 Å². The number of ether oxygens (including phenoxy) is 2. The number of carbonyl (C=O) groups is 1. The standard InChI is InChI=1S/C24H28ClFN2O6/c1-16(26)20(25)9-5-3-4-8-17-14-18-21(30)19(24(31)32)15-28(10-11-29)22(18)27-23(17)34-13-7-6-12-33-2/h3,5,9,14-15,29H,1,4,6-8,10-13H2,2H3,(H,31,32)/b5-3-,20-9+. The Hall–Kier alpha value is -3.01. The zero-order valence-corrected chi connectivity index (χ0v) is 19.7. The quantitative estimate of drug-likeness (QED) is 0.302. The van der Waals surface area contributed by atoms with E-state index in [1.807, 2.05) is 0 Å². The van der Waals surface area contributed by atoms with Gasteiger partial charge in [0.1, 0.15) is 17.0 Å². The summed E-state index contributed by atoms with van der Waals surface area (Å²) < 4.78 is 25.3. The maximum Gasteiger partial charge on any atom is 0.341 e. The molecule has 0 fully saturated rings. The smallest absolute Gasteiger partial charge is 0.341 e. The van der Waals surface area contributed by atoms with Gasteiger partial charge < -0.3 is 24.3 Å². The number of carboxylic acid groups (broad SMARTS) is 1. The molecular weight excluding hydrogens is 467 g/mol. The van der Waals surface area contributed by atoms with Gasteiger partial charge in [-0.05, 0) is 37.8 Å². The van der Waals surface area contributed by atoms with E-state index < -0.39 is 22.8 Å².